The Morgan fingerprint density at radius 3 is 2.23 bits per heavy atom. The van der Waals surface area contributed by atoms with Crippen LogP contribution in [0.1, 0.15) is 49.7 Å². The van der Waals surface area contributed by atoms with Crippen LogP contribution in [-0.4, -0.2) is 42.3 Å². The number of ether oxygens (including phenoxy) is 1. The van der Waals surface area contributed by atoms with Gasteiger partial charge in [0.2, 0.25) is 5.91 Å². The molecule has 0 heterocycles. The first-order valence-corrected chi connectivity index (χ1v) is 10.6. The van der Waals surface area contributed by atoms with Gasteiger partial charge in [-0.1, -0.05) is 68.3 Å². The monoisotopic (exact) mass is 424 g/mol. The van der Waals surface area contributed by atoms with Gasteiger partial charge in [-0.2, -0.15) is 0 Å². The fourth-order valence-electron chi connectivity index (χ4n) is 3.95. The first kappa shape index (κ1) is 22.3. The predicted molar refractivity (Wildman–Crippen MR) is 117 cm³/mol. The van der Waals surface area contributed by atoms with Gasteiger partial charge in [-0.15, -0.1) is 0 Å². The number of fused-ring (bicyclic) bond motifs is 3. The van der Waals surface area contributed by atoms with Gasteiger partial charge in [-0.3, -0.25) is 9.59 Å². The van der Waals surface area contributed by atoms with Gasteiger partial charge in [0.1, 0.15) is 13.2 Å². The molecule has 1 aliphatic carbocycles. The normalized spacial score (nSPS) is 13.1. The number of hydrogen-bond acceptors (Lipinski definition) is 4. The van der Waals surface area contributed by atoms with Crippen LogP contribution < -0.4 is 10.6 Å². The molecular weight excluding hydrogens is 396 g/mol. The first-order chi connectivity index (χ1) is 15.0. The number of alkyl carbamates (subject to hydrolysis) is 1. The SMILES string of the molecule is CCCCC(CC(=O)NCC(=O)O)NC(=O)OCC1c2ccccc2-c2ccccc21. The van der Waals surface area contributed by atoms with Crippen molar-refractivity contribution in [2.24, 2.45) is 0 Å². The third kappa shape index (κ3) is 5.84. The van der Waals surface area contributed by atoms with Crippen molar-refractivity contribution in [1.29, 1.82) is 0 Å². The molecule has 2 aromatic rings. The first-order valence-electron chi connectivity index (χ1n) is 10.6. The lowest BCUT2D eigenvalue weighted by Crippen LogP contribution is -2.40. The Kier molecular flexibility index (Phi) is 7.65. The van der Waals surface area contributed by atoms with Crippen LogP contribution in [-0.2, 0) is 14.3 Å². The highest BCUT2D eigenvalue weighted by atomic mass is 16.5. The fraction of sp³-hybridized carbons (Fsp3) is 0.375. The molecule has 1 aliphatic rings. The van der Waals surface area contributed by atoms with Crippen molar-refractivity contribution < 1.29 is 24.2 Å². The summed E-state index contributed by atoms with van der Waals surface area (Å²) in [7, 11) is 0. The van der Waals surface area contributed by atoms with Crippen molar-refractivity contribution in [2.75, 3.05) is 13.2 Å². The Hall–Kier alpha value is -3.35. The van der Waals surface area contributed by atoms with E-state index in [0.717, 1.165) is 35.1 Å². The number of hydrogen-bond donors (Lipinski definition) is 3. The molecule has 0 bridgehead atoms. The summed E-state index contributed by atoms with van der Waals surface area (Å²) < 4.78 is 5.55. The Bertz CT molecular complexity index is 898. The molecule has 2 amide bonds. The predicted octanol–water partition coefficient (Wildman–Crippen LogP) is 3.67. The summed E-state index contributed by atoms with van der Waals surface area (Å²) in [6.07, 6.45) is 1.80. The molecule has 31 heavy (non-hydrogen) atoms. The van der Waals surface area contributed by atoms with Gasteiger partial charge in [0.15, 0.2) is 0 Å². The fourth-order valence-corrected chi connectivity index (χ4v) is 3.95. The van der Waals surface area contributed by atoms with E-state index in [9.17, 15) is 14.4 Å². The average Bonchev–Trinajstić information content (AvgIpc) is 3.08. The maximum atomic E-state index is 12.5. The van der Waals surface area contributed by atoms with E-state index < -0.39 is 30.6 Å². The van der Waals surface area contributed by atoms with Gasteiger partial charge in [0, 0.05) is 18.4 Å². The molecule has 7 nitrogen and oxygen atoms in total. The summed E-state index contributed by atoms with van der Waals surface area (Å²) >= 11 is 0. The lowest BCUT2D eigenvalue weighted by atomic mass is 9.98. The molecule has 1 atom stereocenters. The third-order valence-electron chi connectivity index (χ3n) is 5.44. The molecule has 1 unspecified atom stereocenters. The summed E-state index contributed by atoms with van der Waals surface area (Å²) in [5, 5.41) is 13.8. The molecule has 0 radical (unpaired) electrons. The topological polar surface area (TPSA) is 105 Å². The zero-order valence-electron chi connectivity index (χ0n) is 17.6. The number of aliphatic carboxylic acids is 1. The van der Waals surface area contributed by atoms with Crippen molar-refractivity contribution >= 4 is 18.0 Å². The Morgan fingerprint density at radius 1 is 1.03 bits per heavy atom. The number of carbonyl (C=O) groups excluding carboxylic acids is 2. The van der Waals surface area contributed by atoms with Crippen LogP contribution in [0.3, 0.4) is 0 Å². The highest BCUT2D eigenvalue weighted by molar-refractivity contribution is 5.82. The molecule has 0 saturated carbocycles. The number of rotatable bonds is 10. The number of carboxylic acids is 1. The second-order valence-corrected chi connectivity index (χ2v) is 7.68. The van der Waals surface area contributed by atoms with E-state index in [0.29, 0.717) is 6.42 Å². The van der Waals surface area contributed by atoms with Crippen LogP contribution in [0.25, 0.3) is 11.1 Å². The van der Waals surface area contributed by atoms with Crippen molar-refractivity contribution in [3.8, 4) is 11.1 Å². The summed E-state index contributed by atoms with van der Waals surface area (Å²) in [6.45, 7) is 1.78. The molecule has 164 valence electrons. The van der Waals surface area contributed by atoms with Crippen LogP contribution in [0.5, 0.6) is 0 Å². The minimum Gasteiger partial charge on any atom is -0.480 e. The van der Waals surface area contributed by atoms with Crippen LogP contribution in [0.2, 0.25) is 0 Å². The van der Waals surface area contributed by atoms with Crippen molar-refractivity contribution in [3.63, 3.8) is 0 Å². The van der Waals surface area contributed by atoms with Gasteiger partial charge in [0.25, 0.3) is 0 Å². The Morgan fingerprint density at radius 2 is 1.65 bits per heavy atom. The molecule has 3 N–H and O–H groups in total. The zero-order chi connectivity index (χ0) is 22.2. The maximum absolute atomic E-state index is 12.5. The average molecular weight is 424 g/mol. The van der Waals surface area contributed by atoms with E-state index in [1.54, 1.807) is 0 Å². The lowest BCUT2D eigenvalue weighted by molar-refractivity contribution is -0.138. The summed E-state index contributed by atoms with van der Waals surface area (Å²) in [5.74, 6) is -1.56. The van der Waals surface area contributed by atoms with Gasteiger partial charge >= 0.3 is 12.1 Å². The largest absolute Gasteiger partial charge is 0.480 e. The van der Waals surface area contributed by atoms with E-state index in [2.05, 4.69) is 34.9 Å². The molecule has 2 aromatic carbocycles. The van der Waals surface area contributed by atoms with Gasteiger partial charge in [-0.05, 0) is 28.7 Å². The van der Waals surface area contributed by atoms with Gasteiger partial charge in [0.05, 0.1) is 0 Å². The second-order valence-electron chi connectivity index (χ2n) is 7.68. The van der Waals surface area contributed by atoms with E-state index in [4.69, 9.17) is 9.84 Å². The number of nitrogens with one attached hydrogen (secondary N) is 2. The molecule has 3 rings (SSSR count). The molecule has 7 heteroatoms. The number of carboxylic acid groups (broad SMARTS) is 1. The standard InChI is InChI=1S/C24H28N2O5/c1-2-3-8-16(13-22(27)25-14-23(28)29)26-24(30)31-15-21-19-11-6-4-9-17(19)18-10-5-7-12-20(18)21/h4-7,9-12,16,21H,2-3,8,13-15H2,1H3,(H,25,27)(H,26,30)(H,28,29). The minimum absolute atomic E-state index is 0.0114. The van der Waals surface area contributed by atoms with E-state index in [1.165, 1.54) is 0 Å². The van der Waals surface area contributed by atoms with E-state index in [1.807, 2.05) is 31.2 Å². The lowest BCUT2D eigenvalue weighted by Gasteiger charge is -2.19. The van der Waals surface area contributed by atoms with E-state index >= 15 is 0 Å². The molecule has 0 spiro atoms. The highest BCUT2D eigenvalue weighted by Crippen LogP contribution is 2.44. The summed E-state index contributed by atoms with van der Waals surface area (Å²) in [4.78, 5) is 35.1. The van der Waals surface area contributed by atoms with E-state index in [-0.39, 0.29) is 18.9 Å². The second kappa shape index (κ2) is 10.6. The van der Waals surface area contributed by atoms with Crippen molar-refractivity contribution in [1.82, 2.24) is 10.6 Å². The zero-order valence-corrected chi connectivity index (χ0v) is 17.6. The van der Waals surface area contributed by atoms with Crippen molar-refractivity contribution in [2.45, 2.75) is 44.6 Å². The van der Waals surface area contributed by atoms with Gasteiger partial charge in [-0.25, -0.2) is 4.79 Å². The van der Waals surface area contributed by atoms with Gasteiger partial charge < -0.3 is 20.5 Å². The Balaban J connectivity index is 1.60. The van der Waals surface area contributed by atoms with Crippen LogP contribution >= 0.6 is 0 Å². The quantitative estimate of drug-likeness (QED) is 0.540. The third-order valence-corrected chi connectivity index (χ3v) is 5.44. The number of unbranched alkanes of at least 4 members (excludes halogenated alkanes) is 1. The molecular formula is C24H28N2O5. The molecule has 0 aliphatic heterocycles. The molecule has 0 fully saturated rings. The molecule has 0 saturated heterocycles. The summed E-state index contributed by atoms with van der Waals surface area (Å²) in [5.41, 5.74) is 4.57. The number of amides is 2. The highest BCUT2D eigenvalue weighted by Gasteiger charge is 2.29. The van der Waals surface area contributed by atoms with Crippen LogP contribution in [0.4, 0.5) is 4.79 Å². The summed E-state index contributed by atoms with van der Waals surface area (Å²) in [6, 6.07) is 15.8. The maximum Gasteiger partial charge on any atom is 0.407 e. The van der Waals surface area contributed by atoms with Crippen LogP contribution in [0.15, 0.2) is 48.5 Å². The molecule has 0 aromatic heterocycles. The smallest absolute Gasteiger partial charge is 0.407 e. The number of carbonyl (C=O) groups is 3. The van der Waals surface area contributed by atoms with Crippen LogP contribution in [0, 0.1) is 0 Å². The number of benzene rings is 2. The Labute approximate surface area is 181 Å². The van der Waals surface area contributed by atoms with Crippen molar-refractivity contribution in [3.05, 3.63) is 59.7 Å². The minimum atomic E-state index is -1.11.